The van der Waals surface area contributed by atoms with Crippen LogP contribution in [0.3, 0.4) is 0 Å². The van der Waals surface area contributed by atoms with Crippen molar-refractivity contribution in [3.8, 4) is 11.5 Å². The molecule has 288 valence electrons. The van der Waals surface area contributed by atoms with Crippen molar-refractivity contribution >= 4 is 16.3 Å². The molecule has 1 amide bonds. The number of methoxy groups -OCH3 is 1. The third-order valence-electron chi connectivity index (χ3n) is 10.7. The van der Waals surface area contributed by atoms with Gasteiger partial charge in [0.25, 0.3) is 10.2 Å². The van der Waals surface area contributed by atoms with Gasteiger partial charge in [-0.25, -0.2) is 4.79 Å². The Hall–Kier alpha value is -4.42. The molecule has 1 aliphatic carbocycles. The van der Waals surface area contributed by atoms with E-state index in [2.05, 4.69) is 30.3 Å². The lowest BCUT2D eigenvalue weighted by Gasteiger charge is -2.37. The van der Waals surface area contributed by atoms with Crippen LogP contribution in [-0.2, 0) is 39.4 Å². The van der Waals surface area contributed by atoms with Crippen LogP contribution in [0.5, 0.6) is 11.5 Å². The SMILES string of the molecule is COc1ccc(CN([C@H]2C[C@@H](C)N(C(=O)OCc3ccccc3)C2COC2CCC(c3cccc(OCc4ccccc4)c3)CC2)S(=O)(=O)N(C)C)cc1. The van der Waals surface area contributed by atoms with Crippen molar-refractivity contribution in [3.05, 3.63) is 131 Å². The Morgan fingerprint density at radius 2 is 1.43 bits per heavy atom. The Morgan fingerprint density at radius 3 is 2.06 bits per heavy atom. The smallest absolute Gasteiger partial charge is 0.410 e. The standard InChI is InChI=1S/C43H53N3O7S/c1-32-26-41(45(54(48,49)44(2)3)28-33-18-22-38(50-4)23-19-33)42(46(32)43(47)53-30-35-14-9-6-10-15-35)31-52-39-24-20-36(21-25-39)37-16-11-17-40(27-37)51-29-34-12-7-5-8-13-34/h5-19,22-23,27,32,36,39,41-42H,20-21,24-26,28-31H2,1-4H3/t32-,36?,39?,41+,42?/m1/s1. The Morgan fingerprint density at radius 1 is 0.778 bits per heavy atom. The second-order valence-corrected chi connectivity index (χ2v) is 16.6. The molecule has 1 saturated heterocycles. The molecule has 10 nitrogen and oxygen atoms in total. The van der Waals surface area contributed by atoms with Crippen LogP contribution in [0.25, 0.3) is 0 Å². The first-order chi connectivity index (χ1) is 26.1. The number of hydrogen-bond acceptors (Lipinski definition) is 7. The number of amides is 1. The third kappa shape index (κ3) is 9.81. The van der Waals surface area contributed by atoms with Crippen molar-refractivity contribution in [2.75, 3.05) is 27.8 Å². The van der Waals surface area contributed by atoms with E-state index >= 15 is 0 Å². The van der Waals surface area contributed by atoms with E-state index in [4.69, 9.17) is 18.9 Å². The van der Waals surface area contributed by atoms with Gasteiger partial charge in [-0.15, -0.1) is 0 Å². The van der Waals surface area contributed by atoms with Crippen molar-refractivity contribution in [3.63, 3.8) is 0 Å². The summed E-state index contributed by atoms with van der Waals surface area (Å²) in [6.45, 7) is 2.92. The monoisotopic (exact) mass is 755 g/mol. The molecule has 1 saturated carbocycles. The van der Waals surface area contributed by atoms with E-state index in [0.717, 1.165) is 48.1 Å². The van der Waals surface area contributed by atoms with Gasteiger partial charge in [0.05, 0.1) is 31.9 Å². The topological polar surface area (TPSA) is 97.9 Å². The first-order valence-electron chi connectivity index (χ1n) is 18.8. The number of carbonyl (C=O) groups is 1. The Bertz CT molecular complexity index is 1890. The van der Waals surface area contributed by atoms with E-state index in [1.165, 1.54) is 28.3 Å². The van der Waals surface area contributed by atoms with Gasteiger partial charge in [0.15, 0.2) is 0 Å². The summed E-state index contributed by atoms with van der Waals surface area (Å²) < 4.78 is 54.8. The minimum Gasteiger partial charge on any atom is -0.497 e. The highest BCUT2D eigenvalue weighted by atomic mass is 32.2. The molecule has 0 aromatic heterocycles. The number of hydrogen-bond donors (Lipinski definition) is 0. The van der Waals surface area contributed by atoms with Crippen molar-refractivity contribution in [2.45, 2.75) is 88.9 Å². The van der Waals surface area contributed by atoms with Crippen LogP contribution in [-0.4, -0.2) is 80.1 Å². The number of carbonyl (C=O) groups excluding carboxylic acids is 1. The van der Waals surface area contributed by atoms with Gasteiger partial charge in [0, 0.05) is 26.7 Å². The number of ether oxygens (including phenoxy) is 4. The molecule has 4 aromatic carbocycles. The maximum Gasteiger partial charge on any atom is 0.410 e. The molecule has 3 atom stereocenters. The molecule has 0 spiro atoms. The Kier molecular flexibility index (Phi) is 13.3. The van der Waals surface area contributed by atoms with Crippen LogP contribution in [0.15, 0.2) is 109 Å². The van der Waals surface area contributed by atoms with Gasteiger partial charge in [-0.3, -0.25) is 4.90 Å². The number of nitrogens with zero attached hydrogens (tertiary/aromatic N) is 3. The lowest BCUT2D eigenvalue weighted by Crippen LogP contribution is -2.54. The highest BCUT2D eigenvalue weighted by Gasteiger charge is 2.49. The largest absolute Gasteiger partial charge is 0.497 e. The number of likely N-dealkylation sites (tertiary alicyclic amines) is 1. The number of rotatable bonds is 15. The molecule has 2 fully saturated rings. The summed E-state index contributed by atoms with van der Waals surface area (Å²) in [5.74, 6) is 1.94. The molecule has 1 unspecified atom stereocenters. The summed E-state index contributed by atoms with van der Waals surface area (Å²) in [6.07, 6.45) is 3.57. The molecule has 0 bridgehead atoms. The quantitative estimate of drug-likeness (QED) is 0.122. The van der Waals surface area contributed by atoms with Gasteiger partial charge in [-0.1, -0.05) is 84.9 Å². The van der Waals surface area contributed by atoms with Gasteiger partial charge < -0.3 is 18.9 Å². The molecule has 4 aromatic rings. The molecular formula is C43H53N3O7S. The average molecular weight is 756 g/mol. The van der Waals surface area contributed by atoms with E-state index in [9.17, 15) is 13.2 Å². The zero-order chi connectivity index (χ0) is 38.1. The van der Waals surface area contributed by atoms with Crippen molar-refractivity contribution in [1.29, 1.82) is 0 Å². The highest BCUT2D eigenvalue weighted by Crippen LogP contribution is 2.37. The first-order valence-corrected chi connectivity index (χ1v) is 20.2. The maximum atomic E-state index is 14.0. The second-order valence-electron chi connectivity index (χ2n) is 14.5. The maximum absolute atomic E-state index is 14.0. The van der Waals surface area contributed by atoms with Crippen LogP contribution >= 0.6 is 0 Å². The summed E-state index contributed by atoms with van der Waals surface area (Å²) in [7, 11) is 0.762. The Balaban J connectivity index is 1.16. The highest BCUT2D eigenvalue weighted by molar-refractivity contribution is 7.86. The summed E-state index contributed by atoms with van der Waals surface area (Å²) in [5, 5.41) is 0. The predicted molar refractivity (Wildman–Crippen MR) is 209 cm³/mol. The van der Waals surface area contributed by atoms with Gasteiger partial charge in [-0.2, -0.15) is 17.0 Å². The van der Waals surface area contributed by atoms with Gasteiger partial charge in [0.2, 0.25) is 0 Å². The van der Waals surface area contributed by atoms with E-state index in [-0.39, 0.29) is 31.9 Å². The molecule has 0 N–H and O–H groups in total. The summed E-state index contributed by atoms with van der Waals surface area (Å²) >= 11 is 0. The van der Waals surface area contributed by atoms with E-state index in [1.807, 2.05) is 85.8 Å². The van der Waals surface area contributed by atoms with Gasteiger partial charge in [0.1, 0.15) is 24.7 Å². The molecule has 1 heterocycles. The van der Waals surface area contributed by atoms with E-state index in [0.29, 0.717) is 24.7 Å². The average Bonchev–Trinajstić information content (AvgIpc) is 3.53. The van der Waals surface area contributed by atoms with Crippen LogP contribution in [0.1, 0.15) is 67.2 Å². The fraction of sp³-hybridized carbons (Fsp3) is 0.419. The fourth-order valence-corrected chi connectivity index (χ4v) is 8.93. The van der Waals surface area contributed by atoms with E-state index < -0.39 is 28.4 Å². The van der Waals surface area contributed by atoms with Crippen LogP contribution < -0.4 is 9.47 Å². The lowest BCUT2D eigenvalue weighted by atomic mass is 9.82. The normalized spacial score (nSPS) is 21.7. The van der Waals surface area contributed by atoms with Gasteiger partial charge in [-0.05, 0) is 91.5 Å². The minimum atomic E-state index is -3.91. The molecule has 54 heavy (non-hydrogen) atoms. The summed E-state index contributed by atoms with van der Waals surface area (Å²) in [4.78, 5) is 15.6. The van der Waals surface area contributed by atoms with Crippen molar-refractivity contribution in [2.24, 2.45) is 0 Å². The molecule has 6 rings (SSSR count). The molecule has 0 radical (unpaired) electrons. The van der Waals surface area contributed by atoms with Crippen molar-refractivity contribution in [1.82, 2.24) is 13.5 Å². The first kappa shape index (κ1) is 39.3. The van der Waals surface area contributed by atoms with Crippen LogP contribution in [0.4, 0.5) is 4.79 Å². The zero-order valence-electron chi connectivity index (χ0n) is 31.8. The second kappa shape index (κ2) is 18.3. The molecule has 11 heteroatoms. The van der Waals surface area contributed by atoms with E-state index in [1.54, 1.807) is 12.0 Å². The number of benzene rings is 4. The van der Waals surface area contributed by atoms with Crippen molar-refractivity contribution < 1.29 is 32.2 Å². The molecule has 1 aliphatic heterocycles. The minimum absolute atomic E-state index is 0.0157. The summed E-state index contributed by atoms with van der Waals surface area (Å²) in [5.41, 5.74) is 4.08. The van der Waals surface area contributed by atoms with Gasteiger partial charge >= 0.3 is 6.09 Å². The van der Waals surface area contributed by atoms with Crippen LogP contribution in [0, 0.1) is 0 Å². The predicted octanol–water partition coefficient (Wildman–Crippen LogP) is 7.79. The zero-order valence-corrected chi connectivity index (χ0v) is 32.6. The third-order valence-corrected chi connectivity index (χ3v) is 12.6. The summed E-state index contributed by atoms with van der Waals surface area (Å²) in [6, 6.07) is 34.1. The van der Waals surface area contributed by atoms with Crippen LogP contribution in [0.2, 0.25) is 0 Å². The Labute approximate surface area is 320 Å². The fourth-order valence-electron chi connectivity index (χ4n) is 7.63. The molecular weight excluding hydrogens is 703 g/mol. The lowest BCUT2D eigenvalue weighted by molar-refractivity contribution is -0.0165. The molecule has 2 aliphatic rings.